The molecule has 32 heavy (non-hydrogen) atoms. The summed E-state index contributed by atoms with van der Waals surface area (Å²) >= 11 is 6.46. The highest BCUT2D eigenvalue weighted by atomic mass is 35.5. The summed E-state index contributed by atoms with van der Waals surface area (Å²) in [5.74, 6) is 0.845. The van der Waals surface area contributed by atoms with Gasteiger partial charge in [-0.25, -0.2) is 0 Å². The fraction of sp³-hybridized carbons (Fsp3) is 0.500. The molecule has 0 atom stereocenters. The summed E-state index contributed by atoms with van der Waals surface area (Å²) in [6.07, 6.45) is 5.21. The second-order valence-electron chi connectivity index (χ2n) is 7.73. The first-order valence-electron chi connectivity index (χ1n) is 11.1. The largest absolute Gasteiger partial charge is 0.493 e. The number of nitrogens with zero attached hydrogens (tertiary/aromatic N) is 3. The Morgan fingerprint density at radius 3 is 2.69 bits per heavy atom. The van der Waals surface area contributed by atoms with E-state index in [0.717, 1.165) is 51.3 Å². The van der Waals surface area contributed by atoms with E-state index in [0.29, 0.717) is 41.8 Å². The van der Waals surface area contributed by atoms with E-state index in [2.05, 4.69) is 9.88 Å². The average molecular weight is 462 g/mol. The van der Waals surface area contributed by atoms with Crippen LogP contribution in [0.2, 0.25) is 5.02 Å². The number of aromatic nitrogens is 1. The van der Waals surface area contributed by atoms with E-state index in [1.165, 1.54) is 0 Å². The molecule has 1 aromatic carbocycles. The summed E-state index contributed by atoms with van der Waals surface area (Å²) in [5, 5.41) is 0.373. The van der Waals surface area contributed by atoms with Gasteiger partial charge in [0.25, 0.3) is 5.91 Å². The number of carbonyl (C=O) groups is 1. The maximum atomic E-state index is 13.5. The van der Waals surface area contributed by atoms with Gasteiger partial charge in [0.15, 0.2) is 11.5 Å². The van der Waals surface area contributed by atoms with E-state index in [-0.39, 0.29) is 5.91 Å². The number of pyridine rings is 1. The van der Waals surface area contributed by atoms with Gasteiger partial charge in [-0.15, -0.1) is 0 Å². The smallest absolute Gasteiger partial charge is 0.254 e. The van der Waals surface area contributed by atoms with Crippen LogP contribution in [0.1, 0.15) is 35.7 Å². The highest BCUT2D eigenvalue weighted by Gasteiger charge is 2.21. The van der Waals surface area contributed by atoms with Gasteiger partial charge in [-0.2, -0.15) is 0 Å². The molecule has 1 amide bonds. The first kappa shape index (κ1) is 24.3. The van der Waals surface area contributed by atoms with Crippen LogP contribution < -0.4 is 9.47 Å². The van der Waals surface area contributed by atoms with Crippen LogP contribution in [0, 0.1) is 0 Å². The number of hydrogen-bond donors (Lipinski definition) is 0. The summed E-state index contributed by atoms with van der Waals surface area (Å²) < 4.78 is 16.6. The van der Waals surface area contributed by atoms with E-state index >= 15 is 0 Å². The predicted octanol–water partition coefficient (Wildman–Crippen LogP) is 3.90. The number of rotatable bonds is 11. The van der Waals surface area contributed by atoms with E-state index in [1.54, 1.807) is 31.6 Å². The quantitative estimate of drug-likeness (QED) is 0.505. The molecule has 0 radical (unpaired) electrons. The molecule has 1 saturated heterocycles. The van der Waals surface area contributed by atoms with Crippen molar-refractivity contribution < 1.29 is 19.0 Å². The van der Waals surface area contributed by atoms with Crippen LogP contribution in [0.25, 0.3) is 0 Å². The van der Waals surface area contributed by atoms with Gasteiger partial charge < -0.3 is 19.1 Å². The van der Waals surface area contributed by atoms with Crippen molar-refractivity contribution in [3.05, 3.63) is 52.8 Å². The molecule has 3 rings (SSSR count). The fourth-order valence-corrected chi connectivity index (χ4v) is 3.91. The number of hydrogen-bond acceptors (Lipinski definition) is 6. The molecular formula is C24H32ClN3O4. The average Bonchev–Trinajstić information content (AvgIpc) is 2.83. The van der Waals surface area contributed by atoms with E-state index in [9.17, 15) is 4.79 Å². The second kappa shape index (κ2) is 12.6. The number of amides is 1. The van der Waals surface area contributed by atoms with E-state index < -0.39 is 0 Å². The van der Waals surface area contributed by atoms with Crippen LogP contribution in [-0.4, -0.2) is 73.8 Å². The molecule has 0 aliphatic carbocycles. The molecule has 0 bridgehead atoms. The molecule has 8 heteroatoms. The summed E-state index contributed by atoms with van der Waals surface area (Å²) in [4.78, 5) is 21.8. The SMILES string of the molecule is CCCOc1c(Cl)cc(C(=O)N(CCCN2CCOCC2)Cc2ccncc2)cc1OC. The Kier molecular flexibility index (Phi) is 9.59. The minimum absolute atomic E-state index is 0.0916. The maximum absolute atomic E-state index is 13.5. The van der Waals surface area contributed by atoms with Gasteiger partial charge >= 0.3 is 0 Å². The van der Waals surface area contributed by atoms with Crippen molar-refractivity contribution in [3.8, 4) is 11.5 Å². The van der Waals surface area contributed by atoms with Gasteiger partial charge in [-0.1, -0.05) is 18.5 Å². The third kappa shape index (κ3) is 6.82. The lowest BCUT2D eigenvalue weighted by atomic mass is 10.1. The molecule has 1 aliphatic heterocycles. The van der Waals surface area contributed by atoms with Crippen molar-refractivity contribution >= 4 is 17.5 Å². The summed E-state index contributed by atoms with van der Waals surface area (Å²) in [6.45, 7) is 8.01. The van der Waals surface area contributed by atoms with Crippen molar-refractivity contribution in [1.82, 2.24) is 14.8 Å². The van der Waals surface area contributed by atoms with Crippen molar-refractivity contribution in [2.45, 2.75) is 26.3 Å². The van der Waals surface area contributed by atoms with Gasteiger partial charge in [-0.3, -0.25) is 14.7 Å². The zero-order valence-electron chi connectivity index (χ0n) is 18.9. The molecule has 2 aromatic rings. The molecule has 0 N–H and O–H groups in total. The number of methoxy groups -OCH3 is 1. The standard InChI is InChI=1S/C24H32ClN3O4/c1-3-13-32-23-21(25)16-20(17-22(23)30-2)24(29)28(18-19-5-7-26-8-6-19)10-4-9-27-11-14-31-15-12-27/h5-8,16-17H,3-4,9-15,18H2,1-2H3. The lowest BCUT2D eigenvalue weighted by Gasteiger charge is -2.28. The van der Waals surface area contributed by atoms with Crippen molar-refractivity contribution in [2.24, 2.45) is 0 Å². The van der Waals surface area contributed by atoms with Crippen molar-refractivity contribution in [1.29, 1.82) is 0 Å². The Morgan fingerprint density at radius 1 is 1.25 bits per heavy atom. The van der Waals surface area contributed by atoms with Crippen LogP contribution in [0.4, 0.5) is 0 Å². The van der Waals surface area contributed by atoms with E-state index in [1.807, 2.05) is 24.0 Å². The number of carbonyl (C=O) groups excluding carboxylic acids is 1. The first-order valence-corrected chi connectivity index (χ1v) is 11.5. The number of morpholine rings is 1. The summed E-state index contributed by atoms with van der Waals surface area (Å²) in [5.41, 5.74) is 1.51. The van der Waals surface area contributed by atoms with Gasteiger partial charge in [-0.05, 0) is 42.7 Å². The number of benzene rings is 1. The Morgan fingerprint density at radius 2 is 2.00 bits per heavy atom. The summed E-state index contributed by atoms with van der Waals surface area (Å²) in [6, 6.07) is 7.23. The Bertz CT molecular complexity index is 860. The highest BCUT2D eigenvalue weighted by molar-refractivity contribution is 6.32. The zero-order valence-corrected chi connectivity index (χ0v) is 19.6. The Hall–Kier alpha value is -2.35. The van der Waals surface area contributed by atoms with Crippen LogP contribution in [0.5, 0.6) is 11.5 Å². The van der Waals surface area contributed by atoms with Gasteiger partial charge in [0.1, 0.15) is 0 Å². The molecule has 174 valence electrons. The first-order chi connectivity index (χ1) is 15.6. The molecule has 7 nitrogen and oxygen atoms in total. The van der Waals surface area contributed by atoms with Gasteiger partial charge in [0, 0.05) is 50.7 Å². The monoisotopic (exact) mass is 461 g/mol. The Balaban J connectivity index is 1.76. The topological polar surface area (TPSA) is 64.1 Å². The van der Waals surface area contributed by atoms with E-state index in [4.69, 9.17) is 25.8 Å². The van der Waals surface area contributed by atoms with Crippen molar-refractivity contribution in [2.75, 3.05) is 53.1 Å². The number of ether oxygens (including phenoxy) is 3. The second-order valence-corrected chi connectivity index (χ2v) is 8.13. The fourth-order valence-electron chi connectivity index (χ4n) is 3.64. The molecule has 2 heterocycles. The minimum Gasteiger partial charge on any atom is -0.493 e. The third-order valence-electron chi connectivity index (χ3n) is 5.34. The Labute approximate surface area is 195 Å². The third-order valence-corrected chi connectivity index (χ3v) is 5.62. The van der Waals surface area contributed by atoms with Crippen LogP contribution in [0.15, 0.2) is 36.7 Å². The molecule has 1 fully saturated rings. The van der Waals surface area contributed by atoms with Gasteiger partial charge in [0.05, 0.1) is 32.0 Å². The lowest BCUT2D eigenvalue weighted by Crippen LogP contribution is -2.39. The molecule has 1 aromatic heterocycles. The minimum atomic E-state index is -0.0916. The normalized spacial score (nSPS) is 14.2. The highest BCUT2D eigenvalue weighted by Crippen LogP contribution is 2.37. The van der Waals surface area contributed by atoms with Gasteiger partial charge in [0.2, 0.25) is 0 Å². The number of halogens is 1. The predicted molar refractivity (Wildman–Crippen MR) is 125 cm³/mol. The summed E-state index contributed by atoms with van der Waals surface area (Å²) in [7, 11) is 1.55. The molecule has 0 saturated carbocycles. The van der Waals surface area contributed by atoms with Crippen molar-refractivity contribution in [3.63, 3.8) is 0 Å². The zero-order chi connectivity index (χ0) is 22.8. The molecule has 0 spiro atoms. The molecule has 0 unspecified atom stereocenters. The van der Waals surface area contributed by atoms with Crippen LogP contribution >= 0.6 is 11.6 Å². The molecular weight excluding hydrogens is 430 g/mol. The molecule has 1 aliphatic rings. The lowest BCUT2D eigenvalue weighted by molar-refractivity contribution is 0.0355. The maximum Gasteiger partial charge on any atom is 0.254 e. The van der Waals surface area contributed by atoms with Crippen LogP contribution in [0.3, 0.4) is 0 Å². The van der Waals surface area contributed by atoms with Crippen LogP contribution in [-0.2, 0) is 11.3 Å².